The van der Waals surface area contributed by atoms with Crippen LogP contribution in [0.25, 0.3) is 0 Å². The molecule has 1 aromatic carbocycles. The number of nitrogens with zero attached hydrogens (tertiary/aromatic N) is 1. The number of carbonyl (C=O) groups is 2. The summed E-state index contributed by atoms with van der Waals surface area (Å²) < 4.78 is 45.6. The van der Waals surface area contributed by atoms with Gasteiger partial charge in [0.05, 0.1) is 18.6 Å². The van der Waals surface area contributed by atoms with Crippen LogP contribution in [0.3, 0.4) is 0 Å². The molecule has 1 aromatic rings. The van der Waals surface area contributed by atoms with E-state index in [-0.39, 0.29) is 12.6 Å². The number of methoxy groups -OCH3 is 1. The standard InChI is InChI=1S/C19H24F3NO3/c1-12(19(25)26-2)11-23(13-7-5-3-4-6-8-13)18(24)14-9-10-15(20)17(22)16(14)21/h9-10,12-13H,3-8,11H2,1-2H3. The summed E-state index contributed by atoms with van der Waals surface area (Å²) in [4.78, 5) is 26.1. The van der Waals surface area contributed by atoms with Gasteiger partial charge in [-0.1, -0.05) is 32.6 Å². The molecule has 1 unspecified atom stereocenters. The van der Waals surface area contributed by atoms with Crippen molar-refractivity contribution in [2.75, 3.05) is 13.7 Å². The van der Waals surface area contributed by atoms with E-state index in [1.165, 1.54) is 12.0 Å². The van der Waals surface area contributed by atoms with E-state index in [0.29, 0.717) is 0 Å². The Morgan fingerprint density at radius 1 is 1.12 bits per heavy atom. The fraction of sp³-hybridized carbons (Fsp3) is 0.579. The van der Waals surface area contributed by atoms with Crippen LogP contribution in [-0.4, -0.2) is 36.5 Å². The van der Waals surface area contributed by atoms with Crippen molar-refractivity contribution in [3.05, 3.63) is 35.1 Å². The van der Waals surface area contributed by atoms with E-state index in [9.17, 15) is 22.8 Å². The molecule has 1 fully saturated rings. The van der Waals surface area contributed by atoms with Crippen molar-refractivity contribution in [3.63, 3.8) is 0 Å². The van der Waals surface area contributed by atoms with Crippen molar-refractivity contribution < 1.29 is 27.5 Å². The number of carbonyl (C=O) groups excluding carboxylic acids is 2. The molecule has 0 N–H and O–H groups in total. The summed E-state index contributed by atoms with van der Waals surface area (Å²) in [6, 6.07) is 1.51. The average molecular weight is 371 g/mol. The maximum atomic E-state index is 14.1. The Kier molecular flexibility index (Phi) is 7.06. The number of hydrogen-bond acceptors (Lipinski definition) is 3. The molecule has 0 heterocycles. The summed E-state index contributed by atoms with van der Waals surface area (Å²) in [5, 5.41) is 0. The molecule has 144 valence electrons. The Labute approximate surface area is 151 Å². The summed E-state index contributed by atoms with van der Waals surface area (Å²) in [6.45, 7) is 1.65. The first kappa shape index (κ1) is 20.3. The molecule has 0 aromatic heterocycles. The third-order valence-electron chi connectivity index (χ3n) is 4.87. The molecule has 4 nitrogen and oxygen atoms in total. The highest BCUT2D eigenvalue weighted by Crippen LogP contribution is 2.26. The van der Waals surface area contributed by atoms with Crippen molar-refractivity contribution in [2.24, 2.45) is 5.92 Å². The first-order chi connectivity index (χ1) is 12.4. The zero-order chi connectivity index (χ0) is 19.3. The summed E-state index contributed by atoms with van der Waals surface area (Å²) in [6.07, 6.45) is 5.38. The second kappa shape index (κ2) is 9.05. The highest BCUT2D eigenvalue weighted by atomic mass is 19.2. The van der Waals surface area contributed by atoms with Gasteiger partial charge in [0, 0.05) is 12.6 Å². The van der Waals surface area contributed by atoms with E-state index in [2.05, 4.69) is 0 Å². The van der Waals surface area contributed by atoms with Crippen LogP contribution in [0.15, 0.2) is 12.1 Å². The van der Waals surface area contributed by atoms with Crippen LogP contribution in [0.1, 0.15) is 55.8 Å². The average Bonchev–Trinajstić information content (AvgIpc) is 2.92. The second-order valence-electron chi connectivity index (χ2n) is 6.75. The van der Waals surface area contributed by atoms with Gasteiger partial charge in [-0.2, -0.15) is 0 Å². The molecule has 0 bridgehead atoms. The smallest absolute Gasteiger partial charge is 0.310 e. The molecular weight excluding hydrogens is 347 g/mol. The quantitative estimate of drug-likeness (QED) is 0.445. The van der Waals surface area contributed by atoms with E-state index < -0.39 is 40.8 Å². The van der Waals surface area contributed by atoms with Gasteiger partial charge in [0.15, 0.2) is 17.5 Å². The molecule has 0 saturated heterocycles. The predicted octanol–water partition coefficient (Wildman–Crippen LogP) is 4.08. The number of benzene rings is 1. The normalized spacial score (nSPS) is 16.7. The number of esters is 1. The van der Waals surface area contributed by atoms with Crippen molar-refractivity contribution in [1.82, 2.24) is 4.90 Å². The Morgan fingerprint density at radius 3 is 2.31 bits per heavy atom. The fourth-order valence-electron chi connectivity index (χ4n) is 3.38. The lowest BCUT2D eigenvalue weighted by Crippen LogP contribution is -2.44. The van der Waals surface area contributed by atoms with Gasteiger partial charge in [-0.25, -0.2) is 13.2 Å². The lowest BCUT2D eigenvalue weighted by Gasteiger charge is -2.33. The number of rotatable bonds is 5. The number of halogens is 3. The van der Waals surface area contributed by atoms with Gasteiger partial charge < -0.3 is 9.64 Å². The molecular formula is C19H24F3NO3. The maximum absolute atomic E-state index is 14.1. The third kappa shape index (κ3) is 4.56. The minimum Gasteiger partial charge on any atom is -0.469 e. The van der Waals surface area contributed by atoms with Gasteiger partial charge >= 0.3 is 5.97 Å². The van der Waals surface area contributed by atoms with E-state index in [4.69, 9.17) is 4.74 Å². The molecule has 7 heteroatoms. The van der Waals surface area contributed by atoms with Gasteiger partial charge in [-0.15, -0.1) is 0 Å². The molecule has 1 amide bonds. The van der Waals surface area contributed by atoms with Crippen LogP contribution in [0, 0.1) is 23.4 Å². The summed E-state index contributed by atoms with van der Waals surface area (Å²) in [7, 11) is 1.26. The molecule has 0 spiro atoms. The summed E-state index contributed by atoms with van der Waals surface area (Å²) in [5.74, 6) is -6.34. The third-order valence-corrected chi connectivity index (χ3v) is 4.87. The summed E-state index contributed by atoms with van der Waals surface area (Å²) in [5.41, 5.74) is -0.523. The first-order valence-corrected chi connectivity index (χ1v) is 8.89. The highest BCUT2D eigenvalue weighted by molar-refractivity contribution is 5.95. The number of ether oxygens (including phenoxy) is 1. The predicted molar refractivity (Wildman–Crippen MR) is 90.0 cm³/mol. The largest absolute Gasteiger partial charge is 0.469 e. The van der Waals surface area contributed by atoms with E-state index in [1.54, 1.807) is 6.92 Å². The minimum atomic E-state index is -1.67. The molecule has 0 radical (unpaired) electrons. The SMILES string of the molecule is COC(=O)C(C)CN(C(=O)c1ccc(F)c(F)c1F)C1CCCCCC1. The zero-order valence-corrected chi connectivity index (χ0v) is 15.1. The monoisotopic (exact) mass is 371 g/mol. The maximum Gasteiger partial charge on any atom is 0.310 e. The van der Waals surface area contributed by atoms with Crippen LogP contribution in [-0.2, 0) is 9.53 Å². The number of hydrogen-bond donors (Lipinski definition) is 0. The van der Waals surface area contributed by atoms with Crippen molar-refractivity contribution in [3.8, 4) is 0 Å². The Morgan fingerprint density at radius 2 is 1.73 bits per heavy atom. The van der Waals surface area contributed by atoms with Gasteiger partial charge in [0.2, 0.25) is 0 Å². The Balaban J connectivity index is 2.33. The van der Waals surface area contributed by atoms with Crippen LogP contribution >= 0.6 is 0 Å². The lowest BCUT2D eigenvalue weighted by molar-refractivity contribution is -0.145. The van der Waals surface area contributed by atoms with Crippen molar-refractivity contribution >= 4 is 11.9 Å². The van der Waals surface area contributed by atoms with E-state index >= 15 is 0 Å². The van der Waals surface area contributed by atoms with E-state index in [0.717, 1.165) is 50.7 Å². The van der Waals surface area contributed by atoms with Crippen LogP contribution < -0.4 is 0 Å². The van der Waals surface area contributed by atoms with Crippen molar-refractivity contribution in [1.29, 1.82) is 0 Å². The van der Waals surface area contributed by atoms with Crippen molar-refractivity contribution in [2.45, 2.75) is 51.5 Å². The molecule has 2 rings (SSSR count). The number of amides is 1. The molecule has 1 atom stereocenters. The van der Waals surface area contributed by atoms with Crippen LogP contribution in [0.2, 0.25) is 0 Å². The highest BCUT2D eigenvalue weighted by Gasteiger charge is 2.31. The molecule has 1 aliphatic carbocycles. The lowest BCUT2D eigenvalue weighted by atomic mass is 10.0. The minimum absolute atomic E-state index is 0.0363. The van der Waals surface area contributed by atoms with Gasteiger partial charge in [-0.05, 0) is 25.0 Å². The first-order valence-electron chi connectivity index (χ1n) is 8.89. The molecule has 1 saturated carbocycles. The molecule has 1 aliphatic rings. The summed E-state index contributed by atoms with van der Waals surface area (Å²) >= 11 is 0. The zero-order valence-electron chi connectivity index (χ0n) is 15.1. The Hall–Kier alpha value is -2.05. The Bertz CT molecular complexity index is 658. The van der Waals surface area contributed by atoms with Gasteiger partial charge in [0.25, 0.3) is 5.91 Å². The second-order valence-corrected chi connectivity index (χ2v) is 6.75. The van der Waals surface area contributed by atoms with Gasteiger partial charge in [-0.3, -0.25) is 9.59 Å². The van der Waals surface area contributed by atoms with Crippen LogP contribution in [0.5, 0.6) is 0 Å². The molecule has 26 heavy (non-hydrogen) atoms. The van der Waals surface area contributed by atoms with E-state index in [1.807, 2.05) is 0 Å². The van der Waals surface area contributed by atoms with Gasteiger partial charge in [0.1, 0.15) is 0 Å². The molecule has 0 aliphatic heterocycles. The topological polar surface area (TPSA) is 46.6 Å². The van der Waals surface area contributed by atoms with Crippen LogP contribution in [0.4, 0.5) is 13.2 Å². The fourth-order valence-corrected chi connectivity index (χ4v) is 3.38.